The summed E-state index contributed by atoms with van der Waals surface area (Å²) in [6, 6.07) is 1.90. The van der Waals surface area contributed by atoms with Crippen LogP contribution in [0.15, 0.2) is 12.3 Å². The van der Waals surface area contributed by atoms with E-state index in [2.05, 4.69) is 20.8 Å². The van der Waals surface area contributed by atoms with E-state index in [9.17, 15) is 9.59 Å². The van der Waals surface area contributed by atoms with Crippen molar-refractivity contribution >= 4 is 23.2 Å². The zero-order chi connectivity index (χ0) is 15.9. The molecule has 120 valence electrons. The van der Waals surface area contributed by atoms with Gasteiger partial charge in [0.25, 0.3) is 0 Å². The second kappa shape index (κ2) is 7.72. The Kier molecular flexibility index (Phi) is 5.68. The summed E-state index contributed by atoms with van der Waals surface area (Å²) in [6.07, 6.45) is 4.10. The van der Waals surface area contributed by atoms with Gasteiger partial charge < -0.3 is 15.5 Å². The maximum Gasteiger partial charge on any atom is 0.223 e. The summed E-state index contributed by atoms with van der Waals surface area (Å²) >= 11 is 0. The number of carbonyl (C=O) groups is 2. The molecule has 1 heterocycles. The summed E-state index contributed by atoms with van der Waals surface area (Å²) < 4.78 is 0. The van der Waals surface area contributed by atoms with Gasteiger partial charge in [-0.05, 0) is 12.8 Å². The Labute approximate surface area is 130 Å². The molecule has 0 aromatic carbocycles. The van der Waals surface area contributed by atoms with Crippen molar-refractivity contribution < 1.29 is 9.59 Å². The normalized spacial score (nSPS) is 15.5. The van der Waals surface area contributed by atoms with Crippen molar-refractivity contribution in [3.8, 4) is 0 Å². The summed E-state index contributed by atoms with van der Waals surface area (Å²) in [5.74, 6) is 0.978. The number of carbonyl (C=O) groups excluding carboxylic acids is 2. The van der Waals surface area contributed by atoms with Crippen LogP contribution >= 0.6 is 0 Å². The number of Topliss-reactive ketones (excluding diaryl/α,β-unsaturated/α-hetero) is 1. The molecular weight excluding hydrogens is 282 g/mol. The SMILES string of the molecule is CN(C)c1cnnc(NCCNC(=O)C2CCC(=O)CC2)c1. The average Bonchev–Trinajstić information content (AvgIpc) is 2.52. The van der Waals surface area contributed by atoms with E-state index in [-0.39, 0.29) is 17.6 Å². The lowest BCUT2D eigenvalue weighted by Crippen LogP contribution is -2.36. The lowest BCUT2D eigenvalue weighted by Gasteiger charge is -2.20. The van der Waals surface area contributed by atoms with Gasteiger partial charge in [0.2, 0.25) is 5.91 Å². The third kappa shape index (κ3) is 4.68. The van der Waals surface area contributed by atoms with Gasteiger partial charge >= 0.3 is 0 Å². The third-order valence-corrected chi connectivity index (χ3v) is 3.80. The van der Waals surface area contributed by atoms with Crippen LogP contribution in [0.2, 0.25) is 0 Å². The summed E-state index contributed by atoms with van der Waals surface area (Å²) in [4.78, 5) is 25.1. The van der Waals surface area contributed by atoms with Crippen molar-refractivity contribution in [3.05, 3.63) is 12.3 Å². The Morgan fingerprint density at radius 2 is 2.05 bits per heavy atom. The Bertz CT molecular complexity index is 522. The lowest BCUT2D eigenvalue weighted by atomic mass is 9.88. The van der Waals surface area contributed by atoms with Crippen LogP contribution in [0.5, 0.6) is 0 Å². The summed E-state index contributed by atoms with van der Waals surface area (Å²) in [6.45, 7) is 1.11. The minimum absolute atomic E-state index is 0.0189. The molecule has 0 atom stereocenters. The van der Waals surface area contributed by atoms with Gasteiger partial charge in [0, 0.05) is 52.0 Å². The molecule has 1 fully saturated rings. The molecule has 2 N–H and O–H groups in total. The van der Waals surface area contributed by atoms with Crippen LogP contribution in [0.3, 0.4) is 0 Å². The first-order valence-corrected chi connectivity index (χ1v) is 7.59. The highest BCUT2D eigenvalue weighted by Gasteiger charge is 2.24. The van der Waals surface area contributed by atoms with Crippen molar-refractivity contribution in [2.24, 2.45) is 5.92 Å². The van der Waals surface area contributed by atoms with E-state index in [4.69, 9.17) is 0 Å². The zero-order valence-corrected chi connectivity index (χ0v) is 13.1. The van der Waals surface area contributed by atoms with Crippen LogP contribution in [0, 0.1) is 5.92 Å². The van der Waals surface area contributed by atoms with Crippen LogP contribution in [-0.4, -0.2) is 49.1 Å². The highest BCUT2D eigenvalue weighted by molar-refractivity contribution is 5.84. The zero-order valence-electron chi connectivity index (χ0n) is 13.1. The molecule has 0 radical (unpaired) electrons. The Hall–Kier alpha value is -2.18. The number of hydrogen-bond donors (Lipinski definition) is 2. The van der Waals surface area contributed by atoms with Gasteiger partial charge in [-0.25, -0.2) is 0 Å². The first-order chi connectivity index (χ1) is 10.6. The van der Waals surface area contributed by atoms with Gasteiger partial charge in [-0.2, -0.15) is 5.10 Å². The fraction of sp³-hybridized carbons (Fsp3) is 0.600. The number of amides is 1. The molecule has 0 bridgehead atoms. The first kappa shape index (κ1) is 16.2. The predicted octanol–water partition coefficient (Wildman–Crippen LogP) is 0.830. The number of hydrogen-bond acceptors (Lipinski definition) is 6. The topological polar surface area (TPSA) is 87.2 Å². The number of aromatic nitrogens is 2. The molecule has 22 heavy (non-hydrogen) atoms. The van der Waals surface area contributed by atoms with Gasteiger partial charge in [-0.15, -0.1) is 5.10 Å². The van der Waals surface area contributed by atoms with Gasteiger partial charge in [0.05, 0.1) is 11.9 Å². The first-order valence-electron chi connectivity index (χ1n) is 7.59. The van der Waals surface area contributed by atoms with E-state index in [1.807, 2.05) is 25.1 Å². The van der Waals surface area contributed by atoms with E-state index >= 15 is 0 Å². The quantitative estimate of drug-likeness (QED) is 0.757. The second-order valence-electron chi connectivity index (χ2n) is 5.72. The van der Waals surface area contributed by atoms with Gasteiger partial charge in [0.15, 0.2) is 5.82 Å². The van der Waals surface area contributed by atoms with Crippen molar-refractivity contribution in [2.75, 3.05) is 37.4 Å². The summed E-state index contributed by atoms with van der Waals surface area (Å²) in [7, 11) is 3.88. The number of anilines is 2. The minimum atomic E-state index is -0.0189. The smallest absolute Gasteiger partial charge is 0.223 e. The molecule has 1 aromatic rings. The third-order valence-electron chi connectivity index (χ3n) is 3.80. The number of nitrogens with zero attached hydrogens (tertiary/aromatic N) is 3. The minimum Gasteiger partial charge on any atom is -0.376 e. The van der Waals surface area contributed by atoms with E-state index in [0.29, 0.717) is 44.6 Å². The molecule has 1 amide bonds. The second-order valence-corrected chi connectivity index (χ2v) is 5.72. The van der Waals surface area contributed by atoms with Crippen molar-refractivity contribution in [3.63, 3.8) is 0 Å². The molecule has 0 unspecified atom stereocenters. The molecular formula is C15H23N5O2. The van der Waals surface area contributed by atoms with Gasteiger partial charge in [-0.3, -0.25) is 9.59 Å². The molecule has 0 aliphatic heterocycles. The largest absolute Gasteiger partial charge is 0.376 e. The van der Waals surface area contributed by atoms with Crippen LogP contribution in [0.25, 0.3) is 0 Å². The number of rotatable bonds is 6. The molecule has 0 spiro atoms. The van der Waals surface area contributed by atoms with Gasteiger partial charge in [-0.1, -0.05) is 0 Å². The Morgan fingerprint density at radius 3 is 2.73 bits per heavy atom. The molecule has 7 heteroatoms. The van der Waals surface area contributed by atoms with E-state index in [1.54, 1.807) is 6.20 Å². The van der Waals surface area contributed by atoms with Crippen LogP contribution < -0.4 is 15.5 Å². The molecule has 7 nitrogen and oxygen atoms in total. The number of nitrogens with one attached hydrogen (secondary N) is 2. The molecule has 1 aromatic heterocycles. The summed E-state index contributed by atoms with van der Waals surface area (Å²) in [5, 5.41) is 14.0. The molecule has 1 aliphatic carbocycles. The standard InChI is InChI=1S/C15H23N5O2/c1-20(2)12-9-14(19-18-10-12)16-7-8-17-15(22)11-3-5-13(21)6-4-11/h9-11H,3-8H2,1-2H3,(H,16,19)(H,17,22). The van der Waals surface area contributed by atoms with Crippen molar-refractivity contribution in [1.29, 1.82) is 0 Å². The fourth-order valence-corrected chi connectivity index (χ4v) is 2.41. The monoisotopic (exact) mass is 305 g/mol. The van der Waals surface area contributed by atoms with Crippen molar-refractivity contribution in [2.45, 2.75) is 25.7 Å². The van der Waals surface area contributed by atoms with Crippen LogP contribution in [0.1, 0.15) is 25.7 Å². The Balaban J connectivity index is 1.69. The molecule has 2 rings (SSSR count). The van der Waals surface area contributed by atoms with Crippen LogP contribution in [0.4, 0.5) is 11.5 Å². The van der Waals surface area contributed by atoms with Crippen LogP contribution in [-0.2, 0) is 9.59 Å². The van der Waals surface area contributed by atoms with E-state index < -0.39 is 0 Å². The molecule has 0 saturated heterocycles. The highest BCUT2D eigenvalue weighted by atomic mass is 16.2. The highest BCUT2D eigenvalue weighted by Crippen LogP contribution is 2.21. The fourth-order valence-electron chi connectivity index (χ4n) is 2.41. The van der Waals surface area contributed by atoms with Gasteiger partial charge in [0.1, 0.15) is 5.78 Å². The van der Waals surface area contributed by atoms with Crippen molar-refractivity contribution in [1.82, 2.24) is 15.5 Å². The van der Waals surface area contributed by atoms with E-state index in [1.165, 1.54) is 0 Å². The maximum absolute atomic E-state index is 12.0. The van der Waals surface area contributed by atoms with E-state index in [0.717, 1.165) is 5.69 Å². The molecule has 1 saturated carbocycles. The Morgan fingerprint density at radius 1 is 1.32 bits per heavy atom. The lowest BCUT2D eigenvalue weighted by molar-refractivity contribution is -0.128. The maximum atomic E-state index is 12.0. The predicted molar refractivity (Wildman–Crippen MR) is 84.8 cm³/mol. The summed E-state index contributed by atoms with van der Waals surface area (Å²) in [5.41, 5.74) is 0.966. The average molecular weight is 305 g/mol. The number of ketones is 1. The molecule has 1 aliphatic rings.